The molecule has 0 aliphatic heterocycles. The maximum Gasteiger partial charge on any atom is 0.160 e. The number of rotatable bonds is 6. The summed E-state index contributed by atoms with van der Waals surface area (Å²) >= 11 is 0. The molecule has 0 spiro atoms. The lowest BCUT2D eigenvalue weighted by molar-refractivity contribution is 0.584. The first-order chi connectivity index (χ1) is 16.1. The van der Waals surface area contributed by atoms with Crippen LogP contribution < -0.4 is 10.6 Å². The molecule has 0 fully saturated rings. The highest BCUT2D eigenvalue weighted by atomic mass is 15.1. The molecule has 0 aliphatic carbocycles. The zero-order chi connectivity index (χ0) is 24.7. The first kappa shape index (κ1) is 25.0. The van der Waals surface area contributed by atoms with Crippen molar-refractivity contribution in [1.82, 2.24) is 0 Å². The lowest BCUT2D eigenvalue weighted by Gasteiger charge is -2.22. The molecule has 3 rings (SSSR count). The minimum absolute atomic E-state index is 0.298. The van der Waals surface area contributed by atoms with E-state index in [1.807, 2.05) is 18.2 Å². The van der Waals surface area contributed by atoms with E-state index in [2.05, 4.69) is 118 Å². The third-order valence-electron chi connectivity index (χ3n) is 5.43. The van der Waals surface area contributed by atoms with Gasteiger partial charge in [-0.15, -0.1) is 0 Å². The Labute approximate surface area is 204 Å². The summed E-state index contributed by atoms with van der Waals surface area (Å²) in [5.41, 5.74) is 8.29. The highest BCUT2D eigenvalue weighted by Crippen LogP contribution is 2.24. The fourth-order valence-corrected chi connectivity index (χ4v) is 3.68. The Morgan fingerprint density at radius 1 is 0.706 bits per heavy atom. The van der Waals surface area contributed by atoms with Crippen molar-refractivity contribution in [1.29, 1.82) is 0 Å². The summed E-state index contributed by atoms with van der Waals surface area (Å²) < 4.78 is 0. The fourth-order valence-electron chi connectivity index (χ4n) is 3.68. The van der Waals surface area contributed by atoms with Crippen LogP contribution in [-0.4, -0.2) is 17.2 Å². The van der Waals surface area contributed by atoms with Crippen molar-refractivity contribution in [3.05, 3.63) is 100 Å². The number of aryl methyl sites for hydroxylation is 4. The van der Waals surface area contributed by atoms with Crippen LogP contribution >= 0.6 is 0 Å². The lowest BCUT2D eigenvalue weighted by atomic mass is 10.1. The molecule has 0 saturated carbocycles. The Bertz CT molecular complexity index is 1180. The van der Waals surface area contributed by atoms with Crippen LogP contribution in [0, 0.1) is 27.7 Å². The van der Waals surface area contributed by atoms with Gasteiger partial charge in [-0.05, 0) is 76.3 Å². The summed E-state index contributed by atoms with van der Waals surface area (Å²) in [5.74, 6) is 4.00. The van der Waals surface area contributed by atoms with Crippen LogP contribution in [0.25, 0.3) is 0 Å². The van der Waals surface area contributed by atoms with E-state index in [9.17, 15) is 0 Å². The molecule has 0 unspecified atom stereocenters. The predicted octanol–water partition coefficient (Wildman–Crippen LogP) is 7.40. The van der Waals surface area contributed by atoms with Gasteiger partial charge in [-0.25, -0.2) is 4.99 Å². The second kappa shape index (κ2) is 11.0. The van der Waals surface area contributed by atoms with Gasteiger partial charge in [0.25, 0.3) is 0 Å². The van der Waals surface area contributed by atoms with Crippen molar-refractivity contribution in [3.63, 3.8) is 0 Å². The number of benzene rings is 3. The molecule has 0 aliphatic rings. The molecule has 4 heteroatoms. The minimum atomic E-state index is -0.298. The summed E-state index contributed by atoms with van der Waals surface area (Å²) in [7, 11) is 0. The zero-order valence-corrected chi connectivity index (χ0v) is 21.5. The van der Waals surface area contributed by atoms with E-state index in [0.717, 1.165) is 39.2 Å². The van der Waals surface area contributed by atoms with Crippen LogP contribution in [0.2, 0.25) is 0 Å². The van der Waals surface area contributed by atoms with Crippen molar-refractivity contribution in [3.8, 4) is 0 Å². The summed E-state index contributed by atoms with van der Waals surface area (Å²) in [4.78, 5) is 9.72. The molecule has 0 radical (unpaired) electrons. The average molecular weight is 453 g/mol. The van der Waals surface area contributed by atoms with Crippen LogP contribution in [0.1, 0.15) is 48.6 Å². The molecule has 0 atom stereocenters. The Kier molecular flexibility index (Phi) is 8.09. The third kappa shape index (κ3) is 6.94. The standard InChI is InChI=1S/C30H36N4/c1-21-13-11-14-22(2)27(21)32-26(20-31-19-25-17-9-8-10-18-25)29(34-30(5,6)7)33-28-23(3)15-12-16-24(28)4/h8-18,32H,19H2,1-7H3,(H,33,34). The SMILES string of the molecule is Cc1cccc(C)c1NC(=C=NCc1ccccc1)C(=NC(C)(C)C)Nc1c(C)cccc1C. The Hall–Kier alpha value is -3.62. The summed E-state index contributed by atoms with van der Waals surface area (Å²) in [6.45, 7) is 15.3. The van der Waals surface area contributed by atoms with Crippen LogP contribution in [-0.2, 0) is 6.54 Å². The highest BCUT2D eigenvalue weighted by molar-refractivity contribution is 6.15. The van der Waals surface area contributed by atoms with Gasteiger partial charge < -0.3 is 10.6 Å². The second-order valence-corrected chi connectivity index (χ2v) is 9.70. The number of para-hydroxylation sites is 2. The van der Waals surface area contributed by atoms with E-state index in [1.54, 1.807) is 0 Å². The molecule has 3 aromatic rings. The van der Waals surface area contributed by atoms with E-state index in [-0.39, 0.29) is 5.54 Å². The number of hydrogen-bond donors (Lipinski definition) is 2. The molecule has 3 aromatic carbocycles. The topological polar surface area (TPSA) is 48.8 Å². The van der Waals surface area contributed by atoms with Crippen molar-refractivity contribution >= 4 is 23.1 Å². The number of aliphatic imine (C=N–C) groups is 2. The predicted molar refractivity (Wildman–Crippen MR) is 147 cm³/mol. The minimum Gasteiger partial charge on any atom is -0.344 e. The van der Waals surface area contributed by atoms with E-state index in [4.69, 9.17) is 4.99 Å². The van der Waals surface area contributed by atoms with E-state index >= 15 is 0 Å². The molecule has 0 saturated heterocycles. The largest absolute Gasteiger partial charge is 0.344 e. The van der Waals surface area contributed by atoms with E-state index in [0.29, 0.717) is 18.1 Å². The van der Waals surface area contributed by atoms with Crippen LogP contribution in [0.5, 0.6) is 0 Å². The van der Waals surface area contributed by atoms with Crippen LogP contribution in [0.4, 0.5) is 11.4 Å². The molecular formula is C30H36N4. The van der Waals surface area contributed by atoms with Gasteiger partial charge in [-0.3, -0.25) is 4.99 Å². The highest BCUT2D eigenvalue weighted by Gasteiger charge is 2.17. The van der Waals surface area contributed by atoms with E-state index < -0.39 is 0 Å². The van der Waals surface area contributed by atoms with E-state index in [1.165, 1.54) is 0 Å². The summed E-state index contributed by atoms with van der Waals surface area (Å²) in [6, 6.07) is 22.8. The van der Waals surface area contributed by atoms with Crippen molar-refractivity contribution in [2.75, 3.05) is 10.6 Å². The number of nitrogens with zero attached hydrogens (tertiary/aromatic N) is 2. The molecule has 0 aromatic heterocycles. The molecule has 176 valence electrons. The van der Waals surface area contributed by atoms with Crippen LogP contribution in [0.15, 0.2) is 82.4 Å². The van der Waals surface area contributed by atoms with Gasteiger partial charge in [0.05, 0.1) is 12.1 Å². The van der Waals surface area contributed by atoms with Crippen molar-refractivity contribution < 1.29 is 0 Å². The number of nitrogens with one attached hydrogen (secondary N) is 2. The average Bonchev–Trinajstić information content (AvgIpc) is 2.77. The smallest absolute Gasteiger partial charge is 0.160 e. The molecule has 0 heterocycles. The normalized spacial score (nSPS) is 11.6. The van der Waals surface area contributed by atoms with Gasteiger partial charge in [0.1, 0.15) is 5.70 Å². The summed E-state index contributed by atoms with van der Waals surface area (Å²) in [6.07, 6.45) is 0. The van der Waals surface area contributed by atoms with Gasteiger partial charge in [0.2, 0.25) is 0 Å². The number of anilines is 2. The van der Waals surface area contributed by atoms with Crippen molar-refractivity contribution in [2.45, 2.75) is 60.5 Å². The monoisotopic (exact) mass is 452 g/mol. The van der Waals surface area contributed by atoms with Gasteiger partial charge in [0.15, 0.2) is 5.84 Å². The van der Waals surface area contributed by atoms with Gasteiger partial charge in [-0.2, -0.15) is 0 Å². The Balaban J connectivity index is 2.12. The maximum atomic E-state index is 5.05. The van der Waals surface area contributed by atoms with Gasteiger partial charge in [0, 0.05) is 17.2 Å². The molecule has 2 N–H and O–H groups in total. The first-order valence-corrected chi connectivity index (χ1v) is 11.7. The fraction of sp³-hybridized carbons (Fsp3) is 0.300. The maximum absolute atomic E-state index is 5.05. The lowest BCUT2D eigenvalue weighted by Crippen LogP contribution is -2.26. The Morgan fingerprint density at radius 3 is 1.71 bits per heavy atom. The third-order valence-corrected chi connectivity index (χ3v) is 5.43. The Morgan fingerprint density at radius 2 is 1.21 bits per heavy atom. The number of amidine groups is 1. The zero-order valence-electron chi connectivity index (χ0n) is 21.5. The van der Waals surface area contributed by atoms with Crippen LogP contribution in [0.3, 0.4) is 0 Å². The van der Waals surface area contributed by atoms with Crippen molar-refractivity contribution in [2.24, 2.45) is 9.98 Å². The second-order valence-electron chi connectivity index (χ2n) is 9.70. The number of hydrogen-bond acceptors (Lipinski definition) is 3. The quantitative estimate of drug-likeness (QED) is 0.302. The molecule has 0 bridgehead atoms. The molecular weight excluding hydrogens is 416 g/mol. The molecule has 4 nitrogen and oxygen atoms in total. The van der Waals surface area contributed by atoms with Gasteiger partial charge in [-0.1, -0.05) is 66.7 Å². The first-order valence-electron chi connectivity index (χ1n) is 11.7. The van der Waals surface area contributed by atoms with Gasteiger partial charge >= 0.3 is 0 Å². The molecule has 0 amide bonds. The molecule has 34 heavy (non-hydrogen) atoms. The summed E-state index contributed by atoms with van der Waals surface area (Å²) in [5, 5.41) is 7.21.